The molecule has 0 N–H and O–H groups in total. The Labute approximate surface area is 190 Å². The van der Waals surface area contributed by atoms with Crippen LogP contribution in [0.5, 0.6) is 5.75 Å². The average molecular weight is 448 g/mol. The van der Waals surface area contributed by atoms with Crippen LogP contribution in [0.3, 0.4) is 0 Å². The van der Waals surface area contributed by atoms with E-state index in [1.54, 1.807) is 6.07 Å². The maximum absolute atomic E-state index is 11.3. The number of oxazole rings is 1. The lowest BCUT2D eigenvalue weighted by Crippen LogP contribution is -2.04. The lowest BCUT2D eigenvalue weighted by Gasteiger charge is -2.08. The third kappa shape index (κ3) is 5.46. The Morgan fingerprint density at radius 3 is 2.67 bits per heavy atom. The van der Waals surface area contributed by atoms with Gasteiger partial charge in [0.05, 0.1) is 24.2 Å². The molecule has 0 aliphatic rings. The number of fused-ring (bicyclic) bond motifs is 2. The van der Waals surface area contributed by atoms with Gasteiger partial charge in [-0.25, -0.2) is 4.98 Å². The highest BCUT2D eigenvalue weighted by atomic mass is 16.6. The first kappa shape index (κ1) is 22.3. The van der Waals surface area contributed by atoms with Crippen molar-refractivity contribution in [3.63, 3.8) is 0 Å². The van der Waals surface area contributed by atoms with Gasteiger partial charge < -0.3 is 13.9 Å². The van der Waals surface area contributed by atoms with E-state index in [0.29, 0.717) is 36.6 Å². The molecule has 0 fully saturated rings. The molecule has 0 saturated carbocycles. The van der Waals surface area contributed by atoms with Crippen molar-refractivity contribution in [3.8, 4) is 17.2 Å². The summed E-state index contributed by atoms with van der Waals surface area (Å²) in [5.74, 6) is 1.05. The fourth-order valence-electron chi connectivity index (χ4n) is 3.57. The summed E-state index contributed by atoms with van der Waals surface area (Å²) >= 11 is 0. The summed E-state index contributed by atoms with van der Waals surface area (Å²) in [6, 6.07) is 16.1. The number of unbranched alkanes of at least 4 members (excludes halogenated alkanes) is 2. The molecule has 8 heteroatoms. The van der Waals surface area contributed by atoms with Crippen LogP contribution in [-0.4, -0.2) is 29.1 Å². The SMILES string of the molecule is CCOC(=O)CCCCCOc1ccc2cc(-c3nc4ccc([N+](=O)[O-])cc4o3)ccc2c1. The van der Waals surface area contributed by atoms with Gasteiger partial charge in [-0.15, -0.1) is 0 Å². The number of ether oxygens (including phenoxy) is 2. The Balaban J connectivity index is 1.38. The van der Waals surface area contributed by atoms with Crippen molar-refractivity contribution in [1.29, 1.82) is 0 Å². The molecule has 0 unspecified atom stereocenters. The van der Waals surface area contributed by atoms with Crippen LogP contribution < -0.4 is 4.74 Å². The topological polar surface area (TPSA) is 105 Å². The van der Waals surface area contributed by atoms with Crippen LogP contribution in [0.15, 0.2) is 59.0 Å². The van der Waals surface area contributed by atoms with E-state index in [0.717, 1.165) is 41.3 Å². The summed E-state index contributed by atoms with van der Waals surface area (Å²) in [5.41, 5.74) is 1.71. The van der Waals surface area contributed by atoms with Gasteiger partial charge in [0.15, 0.2) is 5.58 Å². The van der Waals surface area contributed by atoms with Crippen LogP contribution in [0.4, 0.5) is 5.69 Å². The number of nitro benzene ring substituents is 1. The van der Waals surface area contributed by atoms with Crippen molar-refractivity contribution < 1.29 is 23.6 Å². The monoisotopic (exact) mass is 448 g/mol. The summed E-state index contributed by atoms with van der Waals surface area (Å²) in [4.78, 5) is 26.3. The number of carbonyl (C=O) groups is 1. The van der Waals surface area contributed by atoms with Gasteiger partial charge in [-0.1, -0.05) is 12.1 Å². The summed E-state index contributed by atoms with van der Waals surface area (Å²) < 4.78 is 16.5. The predicted molar refractivity (Wildman–Crippen MR) is 124 cm³/mol. The van der Waals surface area contributed by atoms with E-state index in [-0.39, 0.29) is 11.7 Å². The minimum atomic E-state index is -0.458. The van der Waals surface area contributed by atoms with Gasteiger partial charge >= 0.3 is 5.97 Å². The zero-order valence-corrected chi connectivity index (χ0v) is 18.3. The molecule has 170 valence electrons. The van der Waals surface area contributed by atoms with Gasteiger partial charge in [0.25, 0.3) is 5.69 Å². The smallest absolute Gasteiger partial charge is 0.305 e. The number of carbonyl (C=O) groups excluding carboxylic acids is 1. The first-order valence-electron chi connectivity index (χ1n) is 10.9. The molecule has 4 rings (SSSR count). The molecule has 8 nitrogen and oxygen atoms in total. The normalized spacial score (nSPS) is 11.1. The summed E-state index contributed by atoms with van der Waals surface area (Å²) in [6.45, 7) is 2.81. The zero-order valence-electron chi connectivity index (χ0n) is 18.3. The highest BCUT2D eigenvalue weighted by Gasteiger charge is 2.13. The number of nitrogens with zero attached hydrogens (tertiary/aromatic N) is 2. The minimum absolute atomic E-state index is 0.0322. The van der Waals surface area contributed by atoms with Crippen molar-refractivity contribution in [2.45, 2.75) is 32.6 Å². The molecule has 0 aliphatic heterocycles. The van der Waals surface area contributed by atoms with Crippen molar-refractivity contribution in [2.24, 2.45) is 0 Å². The Morgan fingerprint density at radius 2 is 1.85 bits per heavy atom. The fraction of sp³-hybridized carbons (Fsp3) is 0.280. The minimum Gasteiger partial charge on any atom is -0.494 e. The van der Waals surface area contributed by atoms with Gasteiger partial charge in [0.2, 0.25) is 5.89 Å². The molecule has 0 saturated heterocycles. The van der Waals surface area contributed by atoms with Crippen LogP contribution in [-0.2, 0) is 9.53 Å². The standard InChI is InChI=1S/C25H24N2O6/c1-2-31-24(28)6-4-3-5-13-32-21-11-9-17-14-19(8-7-18(17)15-21)25-26-22-12-10-20(27(29)30)16-23(22)33-25/h7-12,14-16H,2-6,13H2,1H3. The Kier molecular flexibility index (Phi) is 6.83. The van der Waals surface area contributed by atoms with Crippen molar-refractivity contribution >= 4 is 33.5 Å². The predicted octanol–water partition coefficient (Wildman–Crippen LogP) is 6.06. The first-order chi connectivity index (χ1) is 16.0. The van der Waals surface area contributed by atoms with Crippen molar-refractivity contribution in [3.05, 3.63) is 64.7 Å². The number of aromatic nitrogens is 1. The third-order valence-corrected chi connectivity index (χ3v) is 5.24. The highest BCUT2D eigenvalue weighted by Crippen LogP contribution is 2.30. The van der Waals surface area contributed by atoms with E-state index < -0.39 is 4.92 Å². The maximum Gasteiger partial charge on any atom is 0.305 e. The van der Waals surface area contributed by atoms with Gasteiger partial charge in [0, 0.05) is 18.1 Å². The average Bonchev–Trinajstić information content (AvgIpc) is 3.24. The summed E-state index contributed by atoms with van der Waals surface area (Å²) in [6.07, 6.45) is 3.02. The number of benzene rings is 3. The molecule has 0 aliphatic carbocycles. The van der Waals surface area contributed by atoms with Gasteiger partial charge in [0.1, 0.15) is 11.3 Å². The molecule has 1 heterocycles. The second-order valence-corrected chi connectivity index (χ2v) is 7.62. The molecule has 0 radical (unpaired) electrons. The molecule has 4 aromatic rings. The van der Waals surface area contributed by atoms with Crippen LogP contribution in [0.25, 0.3) is 33.3 Å². The Hall–Kier alpha value is -3.94. The highest BCUT2D eigenvalue weighted by molar-refractivity contribution is 5.88. The van der Waals surface area contributed by atoms with Crippen molar-refractivity contribution in [1.82, 2.24) is 4.98 Å². The van der Waals surface area contributed by atoms with E-state index >= 15 is 0 Å². The number of non-ortho nitro benzene ring substituents is 1. The molecular formula is C25H24N2O6. The van der Waals surface area contributed by atoms with Crippen LogP contribution in [0.2, 0.25) is 0 Å². The number of hydrogen-bond acceptors (Lipinski definition) is 7. The van der Waals surface area contributed by atoms with Crippen LogP contribution in [0, 0.1) is 10.1 Å². The number of hydrogen-bond donors (Lipinski definition) is 0. The zero-order chi connectivity index (χ0) is 23.2. The maximum atomic E-state index is 11.3. The van der Waals surface area contributed by atoms with E-state index in [1.165, 1.54) is 12.1 Å². The molecule has 1 aromatic heterocycles. The molecule has 0 spiro atoms. The summed E-state index contributed by atoms with van der Waals surface area (Å²) in [5, 5.41) is 13.0. The Bertz CT molecular complexity index is 1300. The molecule has 0 amide bonds. The van der Waals surface area contributed by atoms with Crippen LogP contribution in [0.1, 0.15) is 32.6 Å². The second kappa shape index (κ2) is 10.1. The Morgan fingerprint density at radius 1 is 1.03 bits per heavy atom. The summed E-state index contributed by atoms with van der Waals surface area (Å²) in [7, 11) is 0. The first-order valence-corrected chi connectivity index (χ1v) is 10.9. The number of nitro groups is 1. The van der Waals surface area contributed by atoms with Gasteiger partial charge in [-0.3, -0.25) is 14.9 Å². The largest absolute Gasteiger partial charge is 0.494 e. The third-order valence-electron chi connectivity index (χ3n) is 5.24. The van der Waals surface area contributed by atoms with Gasteiger partial charge in [-0.05, 0) is 67.3 Å². The quantitative estimate of drug-likeness (QED) is 0.126. The molecule has 0 bridgehead atoms. The number of rotatable bonds is 10. The van der Waals surface area contributed by atoms with E-state index in [4.69, 9.17) is 13.9 Å². The van der Waals surface area contributed by atoms with E-state index in [2.05, 4.69) is 4.98 Å². The lowest BCUT2D eigenvalue weighted by molar-refractivity contribution is -0.384. The van der Waals surface area contributed by atoms with Crippen molar-refractivity contribution in [2.75, 3.05) is 13.2 Å². The second-order valence-electron chi connectivity index (χ2n) is 7.62. The van der Waals surface area contributed by atoms with Crippen LogP contribution >= 0.6 is 0 Å². The molecular weight excluding hydrogens is 424 g/mol. The van der Waals surface area contributed by atoms with E-state index in [9.17, 15) is 14.9 Å². The molecule has 33 heavy (non-hydrogen) atoms. The lowest BCUT2D eigenvalue weighted by atomic mass is 10.1. The molecule has 3 aromatic carbocycles. The van der Waals surface area contributed by atoms with Gasteiger partial charge in [-0.2, -0.15) is 0 Å². The molecule has 0 atom stereocenters. The van der Waals surface area contributed by atoms with E-state index in [1.807, 2.05) is 43.3 Å². The fourth-order valence-corrected chi connectivity index (χ4v) is 3.57. The number of esters is 1.